The Balaban J connectivity index is 1.27. The van der Waals surface area contributed by atoms with Crippen molar-refractivity contribution in [1.82, 2.24) is 19.9 Å². The van der Waals surface area contributed by atoms with Crippen molar-refractivity contribution < 1.29 is 9.90 Å². The van der Waals surface area contributed by atoms with Crippen molar-refractivity contribution in [3.63, 3.8) is 0 Å². The maximum absolute atomic E-state index is 12.3. The highest BCUT2D eigenvalue weighted by molar-refractivity contribution is 6.42. The number of pyridine rings is 1. The Morgan fingerprint density at radius 2 is 1.78 bits per heavy atom. The molecule has 2 aromatic heterocycles. The number of carbonyl (C=O) groups is 1. The van der Waals surface area contributed by atoms with Gasteiger partial charge in [-0.25, -0.2) is 4.98 Å². The van der Waals surface area contributed by atoms with Gasteiger partial charge in [0.1, 0.15) is 5.82 Å². The fourth-order valence-electron chi connectivity index (χ4n) is 9.19. The molecule has 9 heteroatoms. The van der Waals surface area contributed by atoms with E-state index in [0.717, 1.165) is 63.2 Å². The molecule has 266 valence electrons. The molecule has 1 amide bonds. The first kappa shape index (κ1) is 35.6. The van der Waals surface area contributed by atoms with Crippen molar-refractivity contribution >= 4 is 40.1 Å². The van der Waals surface area contributed by atoms with Crippen molar-refractivity contribution in [2.45, 2.75) is 84.5 Å². The fourth-order valence-corrected chi connectivity index (χ4v) is 9.51. The minimum Gasteiger partial charge on any atom is -0.390 e. The molecule has 2 fully saturated rings. The first-order valence-corrected chi connectivity index (χ1v) is 19.0. The van der Waals surface area contributed by atoms with Crippen LogP contribution >= 0.6 is 23.2 Å². The summed E-state index contributed by atoms with van der Waals surface area (Å²) in [7, 11) is 0. The van der Waals surface area contributed by atoms with Crippen LogP contribution in [-0.4, -0.2) is 25.5 Å². The number of imidazole rings is 1. The Labute approximate surface area is 310 Å². The summed E-state index contributed by atoms with van der Waals surface area (Å²) < 4.78 is 2.47. The van der Waals surface area contributed by atoms with Gasteiger partial charge in [0.2, 0.25) is 5.91 Å². The van der Waals surface area contributed by atoms with E-state index in [0.29, 0.717) is 28.2 Å². The molecule has 0 spiro atoms. The number of halogens is 2. The van der Waals surface area contributed by atoms with Gasteiger partial charge in [0, 0.05) is 36.7 Å². The van der Waals surface area contributed by atoms with Crippen LogP contribution in [0.2, 0.25) is 10.0 Å². The first-order chi connectivity index (χ1) is 24.6. The Bertz CT molecular complexity index is 2020. The van der Waals surface area contributed by atoms with Gasteiger partial charge in [-0.3, -0.25) is 9.78 Å². The standard InChI is InChI=1S/C42H47Cl2N5O2/c1-3-27-16-29-15-26(2)20-42(21-27,22-29)25-49-39-14-12-32(37(19-40(45)51)46-23-28-7-13-34(43)35(44)17-28)18-38(39)48-41(49)31-10-8-30(9-11-31)36-6-4-5-33(24-50)47-36/h4-14,17-18,26-27,29,37,46,50H,3,15-16,19-25H2,1-2H3,(H2,45,51). The number of hydrogen-bond donors (Lipinski definition) is 3. The highest BCUT2D eigenvalue weighted by Gasteiger charge is 2.45. The SMILES string of the molecule is CCC1CC2CC(C)CC(Cn3c(-c4ccc(-c5cccc(CO)n5)cc4)nc4cc(C(CC(N)=O)NCc5ccc(Cl)c(Cl)c5)ccc43)(C1)C2. The molecule has 0 aliphatic heterocycles. The van der Waals surface area contributed by atoms with Gasteiger partial charge in [-0.1, -0.05) is 85.9 Å². The molecule has 7 rings (SSSR count). The lowest BCUT2D eigenvalue weighted by Crippen LogP contribution is -2.42. The minimum atomic E-state index is -0.380. The zero-order valence-electron chi connectivity index (χ0n) is 29.4. The van der Waals surface area contributed by atoms with E-state index < -0.39 is 0 Å². The Morgan fingerprint density at radius 1 is 0.980 bits per heavy atom. The number of carbonyl (C=O) groups excluding carboxylic acids is 1. The van der Waals surface area contributed by atoms with Crippen molar-refractivity contribution in [2.75, 3.05) is 0 Å². The highest BCUT2D eigenvalue weighted by Crippen LogP contribution is 2.55. The predicted molar refractivity (Wildman–Crippen MR) is 206 cm³/mol. The predicted octanol–water partition coefficient (Wildman–Crippen LogP) is 9.51. The number of benzene rings is 3. The lowest BCUT2D eigenvalue weighted by atomic mass is 9.56. The second-order valence-corrected chi connectivity index (χ2v) is 16.0. The van der Waals surface area contributed by atoms with E-state index in [-0.39, 0.29) is 30.4 Å². The van der Waals surface area contributed by atoms with Crippen LogP contribution < -0.4 is 11.1 Å². The second kappa shape index (κ2) is 15.1. The largest absolute Gasteiger partial charge is 0.390 e. The third-order valence-corrected chi connectivity index (χ3v) is 12.0. The summed E-state index contributed by atoms with van der Waals surface area (Å²) in [5.41, 5.74) is 13.4. The van der Waals surface area contributed by atoms with Crippen molar-refractivity contribution in [3.8, 4) is 22.6 Å². The molecule has 0 radical (unpaired) electrons. The van der Waals surface area contributed by atoms with Crippen molar-refractivity contribution in [1.29, 1.82) is 0 Å². The van der Waals surface area contributed by atoms with Crippen LogP contribution in [-0.2, 0) is 24.5 Å². The van der Waals surface area contributed by atoms with Gasteiger partial charge >= 0.3 is 0 Å². The molecule has 7 nitrogen and oxygen atoms in total. The number of fused-ring (bicyclic) bond motifs is 3. The summed E-state index contributed by atoms with van der Waals surface area (Å²) in [6.45, 7) is 6.12. The summed E-state index contributed by atoms with van der Waals surface area (Å²) in [6.07, 6.45) is 7.84. The number of aromatic nitrogens is 3. The monoisotopic (exact) mass is 723 g/mol. The second-order valence-electron chi connectivity index (χ2n) is 15.2. The lowest BCUT2D eigenvalue weighted by molar-refractivity contribution is -0.118. The molecule has 2 aliphatic carbocycles. The summed E-state index contributed by atoms with van der Waals surface area (Å²) >= 11 is 12.4. The minimum absolute atomic E-state index is 0.0939. The quantitative estimate of drug-likeness (QED) is 0.119. The summed E-state index contributed by atoms with van der Waals surface area (Å²) in [5, 5.41) is 14.2. The van der Waals surface area contributed by atoms with Gasteiger partial charge in [0.15, 0.2) is 0 Å². The normalized spacial score (nSPS) is 22.3. The van der Waals surface area contributed by atoms with Crippen LogP contribution in [0.3, 0.4) is 0 Å². The number of primary amides is 1. The van der Waals surface area contributed by atoms with E-state index in [4.69, 9.17) is 33.9 Å². The Hall–Kier alpha value is -3.75. The van der Waals surface area contributed by atoms with E-state index >= 15 is 0 Å². The molecule has 2 aliphatic rings. The van der Waals surface area contributed by atoms with E-state index in [1.807, 2.05) is 30.3 Å². The van der Waals surface area contributed by atoms with Crippen molar-refractivity contribution in [3.05, 3.63) is 106 Å². The van der Waals surface area contributed by atoms with Crippen LogP contribution in [0.1, 0.15) is 81.7 Å². The molecule has 51 heavy (non-hydrogen) atoms. The number of aliphatic hydroxyl groups is 1. The van der Waals surface area contributed by atoms with Gasteiger partial charge in [0.05, 0.1) is 39.1 Å². The molecular formula is C42H47Cl2N5O2. The summed E-state index contributed by atoms with van der Waals surface area (Å²) in [4.78, 5) is 22.2. The zero-order valence-corrected chi connectivity index (χ0v) is 30.9. The van der Waals surface area contributed by atoms with Gasteiger partial charge in [-0.2, -0.15) is 0 Å². The molecule has 4 N–H and O–H groups in total. The lowest BCUT2D eigenvalue weighted by Gasteiger charge is -2.51. The molecule has 2 saturated carbocycles. The fraction of sp³-hybridized carbons (Fsp3) is 0.405. The maximum atomic E-state index is 12.3. The zero-order chi connectivity index (χ0) is 35.7. The first-order valence-electron chi connectivity index (χ1n) is 18.3. The third kappa shape index (κ3) is 7.87. The molecular weight excluding hydrogens is 677 g/mol. The Kier molecular flexibility index (Phi) is 10.5. The molecule has 3 aromatic carbocycles. The molecule has 5 aromatic rings. The highest BCUT2D eigenvalue weighted by atomic mass is 35.5. The average molecular weight is 725 g/mol. The molecule has 5 atom stereocenters. The topological polar surface area (TPSA) is 106 Å². The van der Waals surface area contributed by atoms with Crippen molar-refractivity contribution in [2.24, 2.45) is 28.9 Å². The smallest absolute Gasteiger partial charge is 0.219 e. The molecule has 5 unspecified atom stereocenters. The van der Waals surface area contributed by atoms with Crippen LogP contribution in [0.4, 0.5) is 0 Å². The number of nitrogens with two attached hydrogens (primary N) is 1. The van der Waals surface area contributed by atoms with Crippen LogP contribution in [0.5, 0.6) is 0 Å². The van der Waals surface area contributed by atoms with Gasteiger partial charge < -0.3 is 20.7 Å². The molecule has 0 saturated heterocycles. The van der Waals surface area contributed by atoms with Crippen LogP contribution in [0.15, 0.2) is 78.9 Å². The van der Waals surface area contributed by atoms with E-state index in [9.17, 15) is 9.90 Å². The van der Waals surface area contributed by atoms with Crippen LogP contribution in [0.25, 0.3) is 33.7 Å². The maximum Gasteiger partial charge on any atom is 0.219 e. The third-order valence-electron chi connectivity index (χ3n) is 11.2. The van der Waals surface area contributed by atoms with Gasteiger partial charge in [-0.05, 0) is 103 Å². The summed E-state index contributed by atoms with van der Waals surface area (Å²) in [5.74, 6) is 2.83. The summed E-state index contributed by atoms with van der Waals surface area (Å²) in [6, 6.07) is 25.8. The Morgan fingerprint density at radius 3 is 2.53 bits per heavy atom. The number of nitrogens with one attached hydrogen (secondary N) is 1. The molecule has 2 heterocycles. The number of aliphatic hydroxyl groups excluding tert-OH is 1. The number of amides is 1. The molecule has 2 bridgehead atoms. The van der Waals surface area contributed by atoms with E-state index in [1.165, 1.54) is 38.5 Å². The average Bonchev–Trinajstić information content (AvgIpc) is 3.47. The van der Waals surface area contributed by atoms with Crippen LogP contribution in [0, 0.1) is 23.2 Å². The number of hydrogen-bond acceptors (Lipinski definition) is 5. The number of rotatable bonds is 12. The van der Waals surface area contributed by atoms with Gasteiger partial charge in [-0.15, -0.1) is 0 Å². The van der Waals surface area contributed by atoms with Gasteiger partial charge in [0.25, 0.3) is 0 Å². The van der Waals surface area contributed by atoms with E-state index in [2.05, 4.69) is 71.2 Å². The number of nitrogens with zero attached hydrogens (tertiary/aromatic N) is 3. The van der Waals surface area contributed by atoms with E-state index in [1.54, 1.807) is 6.07 Å².